The van der Waals surface area contributed by atoms with Crippen LogP contribution in [0.15, 0.2) is 41.1 Å². The standard InChI is InChI=1S/C13H9Br2ClFN/c14-10-2-1-8(6-13(10)17)11(15)5-9-3-4-18-7-12(9)16/h1-4,6-7,11H,5H2. The van der Waals surface area contributed by atoms with Crippen LogP contribution in [-0.2, 0) is 6.42 Å². The summed E-state index contributed by atoms with van der Waals surface area (Å²) in [6, 6.07) is 6.96. The van der Waals surface area contributed by atoms with Crippen LogP contribution in [-0.4, -0.2) is 4.98 Å². The summed E-state index contributed by atoms with van der Waals surface area (Å²) in [5.74, 6) is -0.266. The van der Waals surface area contributed by atoms with Gasteiger partial charge in [-0.1, -0.05) is 33.6 Å². The molecule has 1 aromatic carbocycles. The topological polar surface area (TPSA) is 12.9 Å². The van der Waals surface area contributed by atoms with Crippen molar-refractivity contribution in [2.75, 3.05) is 0 Å². The molecule has 0 fully saturated rings. The number of benzene rings is 1. The Morgan fingerprint density at radius 1 is 1.33 bits per heavy atom. The average Bonchev–Trinajstić information content (AvgIpc) is 2.35. The van der Waals surface area contributed by atoms with Gasteiger partial charge in [-0.3, -0.25) is 4.98 Å². The van der Waals surface area contributed by atoms with Crippen LogP contribution in [0.3, 0.4) is 0 Å². The Kier molecular flexibility index (Phi) is 4.76. The lowest BCUT2D eigenvalue weighted by Gasteiger charge is -2.11. The summed E-state index contributed by atoms with van der Waals surface area (Å²) < 4.78 is 13.9. The zero-order valence-electron chi connectivity index (χ0n) is 9.21. The molecule has 1 aromatic heterocycles. The highest BCUT2D eigenvalue weighted by Gasteiger charge is 2.12. The number of halogens is 4. The lowest BCUT2D eigenvalue weighted by atomic mass is 10.1. The first-order valence-corrected chi connectivity index (χ1v) is 7.34. The molecule has 0 spiro atoms. The van der Waals surface area contributed by atoms with Gasteiger partial charge in [0.15, 0.2) is 0 Å². The predicted molar refractivity (Wildman–Crippen MR) is 78.7 cm³/mol. The van der Waals surface area contributed by atoms with Crippen molar-refractivity contribution in [2.24, 2.45) is 0 Å². The van der Waals surface area contributed by atoms with Gasteiger partial charge < -0.3 is 0 Å². The van der Waals surface area contributed by atoms with Crippen molar-refractivity contribution in [2.45, 2.75) is 11.2 Å². The molecule has 0 bridgehead atoms. The molecule has 1 nitrogen and oxygen atoms in total. The molecule has 1 unspecified atom stereocenters. The fraction of sp³-hybridized carbons (Fsp3) is 0.154. The van der Waals surface area contributed by atoms with Crippen LogP contribution in [0.5, 0.6) is 0 Å². The molecule has 0 aliphatic rings. The van der Waals surface area contributed by atoms with Gasteiger partial charge in [0.25, 0.3) is 0 Å². The first-order valence-electron chi connectivity index (χ1n) is 5.25. The summed E-state index contributed by atoms with van der Waals surface area (Å²) in [7, 11) is 0. The molecule has 18 heavy (non-hydrogen) atoms. The minimum atomic E-state index is -0.266. The Labute approximate surface area is 127 Å². The highest BCUT2D eigenvalue weighted by molar-refractivity contribution is 9.10. The third-order valence-electron chi connectivity index (χ3n) is 2.56. The molecule has 0 N–H and O–H groups in total. The lowest BCUT2D eigenvalue weighted by Crippen LogP contribution is -1.97. The van der Waals surface area contributed by atoms with Gasteiger partial charge in [0.2, 0.25) is 0 Å². The van der Waals surface area contributed by atoms with E-state index in [1.807, 2.05) is 12.1 Å². The fourth-order valence-corrected chi connectivity index (χ4v) is 2.66. The van der Waals surface area contributed by atoms with Crippen LogP contribution in [0, 0.1) is 5.82 Å². The monoisotopic (exact) mass is 391 g/mol. The minimum Gasteiger partial charge on any atom is -0.263 e. The van der Waals surface area contributed by atoms with Crippen molar-refractivity contribution >= 4 is 43.5 Å². The largest absolute Gasteiger partial charge is 0.263 e. The molecular weight excluding hydrogens is 384 g/mol. The van der Waals surface area contributed by atoms with E-state index >= 15 is 0 Å². The second kappa shape index (κ2) is 6.13. The van der Waals surface area contributed by atoms with Gasteiger partial charge in [-0.2, -0.15) is 0 Å². The number of hydrogen-bond donors (Lipinski definition) is 0. The summed E-state index contributed by atoms with van der Waals surface area (Å²) in [6.45, 7) is 0. The molecule has 2 rings (SSSR count). The van der Waals surface area contributed by atoms with Crippen LogP contribution < -0.4 is 0 Å². The first kappa shape index (κ1) is 14.0. The smallest absolute Gasteiger partial charge is 0.137 e. The third-order valence-corrected chi connectivity index (χ3v) is 4.40. The molecular formula is C13H9Br2ClFN. The van der Waals surface area contributed by atoms with E-state index in [1.165, 1.54) is 6.07 Å². The van der Waals surface area contributed by atoms with Crippen molar-refractivity contribution in [3.8, 4) is 0 Å². The van der Waals surface area contributed by atoms with E-state index in [4.69, 9.17) is 11.6 Å². The molecule has 0 aliphatic carbocycles. The Morgan fingerprint density at radius 3 is 2.78 bits per heavy atom. The van der Waals surface area contributed by atoms with Crippen molar-refractivity contribution in [3.63, 3.8) is 0 Å². The fourth-order valence-electron chi connectivity index (χ4n) is 1.59. The maximum Gasteiger partial charge on any atom is 0.137 e. The number of rotatable bonds is 3. The Morgan fingerprint density at radius 2 is 2.11 bits per heavy atom. The number of pyridine rings is 1. The first-order chi connectivity index (χ1) is 8.58. The van der Waals surface area contributed by atoms with Gasteiger partial charge in [-0.05, 0) is 51.7 Å². The summed E-state index contributed by atoms with van der Waals surface area (Å²) in [5, 5.41) is 0.625. The molecule has 0 aliphatic heterocycles. The Hall–Kier alpha value is -0.450. The number of aromatic nitrogens is 1. The van der Waals surface area contributed by atoms with E-state index in [0.29, 0.717) is 15.9 Å². The van der Waals surface area contributed by atoms with Crippen LogP contribution in [0.25, 0.3) is 0 Å². The van der Waals surface area contributed by atoms with E-state index in [2.05, 4.69) is 36.8 Å². The quantitative estimate of drug-likeness (QED) is 0.644. The molecule has 1 heterocycles. The second-order valence-electron chi connectivity index (χ2n) is 3.81. The van der Waals surface area contributed by atoms with Crippen LogP contribution in [0.2, 0.25) is 5.02 Å². The average molecular weight is 393 g/mol. The molecule has 5 heteroatoms. The van der Waals surface area contributed by atoms with E-state index in [0.717, 1.165) is 11.1 Å². The van der Waals surface area contributed by atoms with E-state index in [-0.39, 0.29) is 10.6 Å². The Balaban J connectivity index is 2.19. The minimum absolute atomic E-state index is 0.0139. The zero-order chi connectivity index (χ0) is 13.1. The second-order valence-corrected chi connectivity index (χ2v) is 6.18. The van der Waals surface area contributed by atoms with Crippen molar-refractivity contribution < 1.29 is 4.39 Å². The van der Waals surface area contributed by atoms with E-state index in [9.17, 15) is 4.39 Å². The lowest BCUT2D eigenvalue weighted by molar-refractivity contribution is 0.618. The van der Waals surface area contributed by atoms with Crippen LogP contribution >= 0.6 is 43.5 Å². The van der Waals surface area contributed by atoms with Crippen molar-refractivity contribution in [1.29, 1.82) is 0 Å². The normalized spacial score (nSPS) is 12.4. The molecule has 0 amide bonds. The van der Waals surface area contributed by atoms with Gasteiger partial charge in [-0.15, -0.1) is 0 Å². The molecule has 2 aromatic rings. The Bertz CT molecular complexity index is 562. The van der Waals surface area contributed by atoms with Gasteiger partial charge in [-0.25, -0.2) is 4.39 Å². The number of nitrogens with zero attached hydrogens (tertiary/aromatic N) is 1. The summed E-state index contributed by atoms with van der Waals surface area (Å²) in [6.07, 6.45) is 3.99. The van der Waals surface area contributed by atoms with E-state index in [1.54, 1.807) is 18.5 Å². The van der Waals surface area contributed by atoms with Gasteiger partial charge in [0.05, 0.1) is 9.50 Å². The molecule has 94 valence electrons. The molecule has 1 atom stereocenters. The molecule has 0 saturated carbocycles. The van der Waals surface area contributed by atoms with Crippen LogP contribution in [0.4, 0.5) is 4.39 Å². The number of hydrogen-bond acceptors (Lipinski definition) is 1. The summed E-state index contributed by atoms with van der Waals surface area (Å²) in [4.78, 5) is 3.95. The van der Waals surface area contributed by atoms with Crippen molar-refractivity contribution in [3.05, 3.63) is 63.1 Å². The van der Waals surface area contributed by atoms with Gasteiger partial charge >= 0.3 is 0 Å². The zero-order valence-corrected chi connectivity index (χ0v) is 13.1. The maximum atomic E-state index is 13.5. The van der Waals surface area contributed by atoms with Gasteiger partial charge in [0.1, 0.15) is 5.82 Å². The number of alkyl halides is 1. The van der Waals surface area contributed by atoms with Crippen molar-refractivity contribution in [1.82, 2.24) is 4.98 Å². The highest BCUT2D eigenvalue weighted by atomic mass is 79.9. The highest BCUT2D eigenvalue weighted by Crippen LogP contribution is 2.31. The summed E-state index contributed by atoms with van der Waals surface area (Å²) >= 11 is 12.7. The SMILES string of the molecule is Fc1cc(C(Br)Cc2ccncc2Cl)ccc1Br. The van der Waals surface area contributed by atoms with E-state index < -0.39 is 0 Å². The predicted octanol–water partition coefficient (Wildman–Crippen LogP) is 5.32. The molecule has 0 saturated heterocycles. The summed E-state index contributed by atoms with van der Waals surface area (Å²) in [5.41, 5.74) is 1.86. The third kappa shape index (κ3) is 3.31. The maximum absolute atomic E-state index is 13.5. The van der Waals surface area contributed by atoms with Gasteiger partial charge in [0, 0.05) is 17.2 Å². The molecule has 0 radical (unpaired) electrons. The van der Waals surface area contributed by atoms with Crippen LogP contribution in [0.1, 0.15) is 16.0 Å².